The number of aromatic amines is 1. The Labute approximate surface area is 202 Å². The first-order valence-corrected chi connectivity index (χ1v) is 12.6. The highest BCUT2D eigenvalue weighted by atomic mass is 32.2. The molecule has 5 rings (SSSR count). The van der Waals surface area contributed by atoms with E-state index in [9.17, 15) is 13.5 Å². The SMILES string of the molecule is CN(C)c1ccc(-c2nc3ncnc(O[C@@H]4C[C@@H](COS(N)(=O)=O)[C@@H](O)C4)c3[nH]2)c2ccccc12. The molecule has 1 saturated carbocycles. The summed E-state index contributed by atoms with van der Waals surface area (Å²) in [5.41, 5.74) is 3.03. The molecule has 1 aliphatic rings. The average Bonchev–Trinajstić information content (AvgIpc) is 3.40. The molecule has 4 aromatic rings. The number of nitrogens with two attached hydrogens (primary N) is 1. The lowest BCUT2D eigenvalue weighted by Gasteiger charge is -2.17. The third-order valence-corrected chi connectivity index (χ3v) is 6.70. The maximum atomic E-state index is 11.1. The van der Waals surface area contributed by atoms with Crippen molar-refractivity contribution in [2.24, 2.45) is 11.1 Å². The van der Waals surface area contributed by atoms with Crippen molar-refractivity contribution in [3.05, 3.63) is 42.7 Å². The standard InChI is InChI=1S/C23H26N6O5S/c1-29(2)18-8-7-17(15-5-3-4-6-16(15)18)21-27-20-22(28-21)25-12-26-23(20)34-14-9-13(19(30)10-14)11-33-35(24,31)32/h3-8,12-14,19,30H,9-11H2,1-2H3,(H2,24,31,32)(H,25,26,27,28)/t13-,14+,19-/m0/s1. The fourth-order valence-corrected chi connectivity index (χ4v) is 4.94. The number of hydrogen-bond acceptors (Lipinski definition) is 9. The lowest BCUT2D eigenvalue weighted by atomic mass is 10.0. The van der Waals surface area contributed by atoms with Crippen LogP contribution in [0.5, 0.6) is 5.88 Å². The minimum absolute atomic E-state index is 0.205. The van der Waals surface area contributed by atoms with Crippen LogP contribution in [0.25, 0.3) is 33.3 Å². The van der Waals surface area contributed by atoms with Crippen LogP contribution >= 0.6 is 0 Å². The topological polar surface area (TPSA) is 157 Å². The zero-order chi connectivity index (χ0) is 24.7. The number of nitrogens with zero attached hydrogens (tertiary/aromatic N) is 4. The summed E-state index contributed by atoms with van der Waals surface area (Å²) in [7, 11) is -0.0608. The van der Waals surface area contributed by atoms with Crippen LogP contribution in [0.3, 0.4) is 0 Å². The Morgan fingerprint density at radius 2 is 1.91 bits per heavy atom. The number of benzene rings is 2. The molecular formula is C23H26N6O5S. The van der Waals surface area contributed by atoms with Crippen molar-refractivity contribution in [1.82, 2.24) is 19.9 Å². The van der Waals surface area contributed by atoms with E-state index in [2.05, 4.69) is 47.2 Å². The van der Waals surface area contributed by atoms with Gasteiger partial charge in [-0.25, -0.2) is 15.1 Å². The van der Waals surface area contributed by atoms with Gasteiger partial charge in [0, 0.05) is 43.1 Å². The average molecular weight is 499 g/mol. The molecule has 1 aliphatic carbocycles. The van der Waals surface area contributed by atoms with Crippen LogP contribution in [0.2, 0.25) is 0 Å². The summed E-state index contributed by atoms with van der Waals surface area (Å²) in [5.74, 6) is 0.528. The van der Waals surface area contributed by atoms with Crippen molar-refractivity contribution >= 4 is 37.9 Å². The molecule has 0 spiro atoms. The van der Waals surface area contributed by atoms with Crippen LogP contribution in [0.1, 0.15) is 12.8 Å². The summed E-state index contributed by atoms with van der Waals surface area (Å²) in [6, 6.07) is 12.2. The van der Waals surface area contributed by atoms with Gasteiger partial charge < -0.3 is 19.7 Å². The first-order valence-electron chi connectivity index (χ1n) is 11.1. The predicted octanol–water partition coefficient (Wildman–Crippen LogP) is 1.98. The van der Waals surface area contributed by atoms with Crippen LogP contribution in [-0.2, 0) is 14.5 Å². The highest BCUT2D eigenvalue weighted by molar-refractivity contribution is 7.84. The molecule has 4 N–H and O–H groups in total. The van der Waals surface area contributed by atoms with Crippen LogP contribution in [0.4, 0.5) is 5.69 Å². The zero-order valence-corrected chi connectivity index (χ0v) is 20.1. The minimum atomic E-state index is -4.08. The molecule has 0 radical (unpaired) electrons. The second kappa shape index (κ2) is 9.04. The van der Waals surface area contributed by atoms with Gasteiger partial charge in [-0.15, -0.1) is 0 Å². The van der Waals surface area contributed by atoms with E-state index in [1.807, 2.05) is 32.3 Å². The van der Waals surface area contributed by atoms with Gasteiger partial charge in [-0.1, -0.05) is 24.3 Å². The molecule has 2 aromatic heterocycles. The molecule has 2 aromatic carbocycles. The molecule has 3 atom stereocenters. The summed E-state index contributed by atoms with van der Waals surface area (Å²) >= 11 is 0. The van der Waals surface area contributed by atoms with E-state index in [0.29, 0.717) is 35.7 Å². The highest BCUT2D eigenvalue weighted by Crippen LogP contribution is 2.35. The number of nitrogens with one attached hydrogen (secondary N) is 1. The number of rotatable bonds is 7. The van der Waals surface area contributed by atoms with Gasteiger partial charge in [0.2, 0.25) is 5.88 Å². The van der Waals surface area contributed by atoms with E-state index >= 15 is 0 Å². The van der Waals surface area contributed by atoms with Crippen molar-refractivity contribution in [2.75, 3.05) is 25.6 Å². The van der Waals surface area contributed by atoms with E-state index in [1.165, 1.54) is 6.33 Å². The monoisotopic (exact) mass is 498 g/mol. The summed E-state index contributed by atoms with van der Waals surface area (Å²) in [4.78, 5) is 18.6. The van der Waals surface area contributed by atoms with Gasteiger partial charge in [0.15, 0.2) is 5.65 Å². The molecule has 1 fully saturated rings. The zero-order valence-electron chi connectivity index (χ0n) is 19.2. The Morgan fingerprint density at radius 3 is 2.66 bits per heavy atom. The Hall–Kier alpha value is -3.32. The number of imidazole rings is 1. The van der Waals surface area contributed by atoms with Gasteiger partial charge in [0.1, 0.15) is 23.8 Å². The molecule has 0 bridgehead atoms. The van der Waals surface area contributed by atoms with Gasteiger partial charge in [0.25, 0.3) is 0 Å². The first kappa shape index (κ1) is 23.4. The fourth-order valence-electron chi connectivity index (χ4n) is 4.57. The third-order valence-electron chi connectivity index (χ3n) is 6.23. The van der Waals surface area contributed by atoms with E-state index in [0.717, 1.165) is 22.0 Å². The number of ether oxygens (including phenoxy) is 1. The minimum Gasteiger partial charge on any atom is -0.473 e. The summed E-state index contributed by atoms with van der Waals surface area (Å²) < 4.78 is 32.9. The van der Waals surface area contributed by atoms with Crippen molar-refractivity contribution in [2.45, 2.75) is 25.0 Å². The Kier molecular flexibility index (Phi) is 6.05. The van der Waals surface area contributed by atoms with Crippen LogP contribution in [0.15, 0.2) is 42.7 Å². The van der Waals surface area contributed by atoms with E-state index in [-0.39, 0.29) is 12.7 Å². The van der Waals surface area contributed by atoms with Gasteiger partial charge in [-0.2, -0.15) is 13.4 Å². The highest BCUT2D eigenvalue weighted by Gasteiger charge is 2.36. The molecule has 35 heavy (non-hydrogen) atoms. The van der Waals surface area contributed by atoms with Crippen LogP contribution < -0.4 is 14.8 Å². The van der Waals surface area contributed by atoms with Gasteiger partial charge in [0.05, 0.1) is 12.7 Å². The molecule has 0 unspecified atom stereocenters. The Balaban J connectivity index is 1.44. The Bertz CT molecular complexity index is 1490. The largest absolute Gasteiger partial charge is 0.473 e. The number of H-pyrrole nitrogens is 1. The van der Waals surface area contributed by atoms with Crippen molar-refractivity contribution in [1.29, 1.82) is 0 Å². The van der Waals surface area contributed by atoms with E-state index in [1.54, 1.807) is 0 Å². The van der Waals surface area contributed by atoms with Gasteiger partial charge in [-0.3, -0.25) is 4.18 Å². The number of aromatic nitrogens is 4. The molecule has 184 valence electrons. The smallest absolute Gasteiger partial charge is 0.333 e. The molecular weight excluding hydrogens is 472 g/mol. The number of fused-ring (bicyclic) bond motifs is 2. The molecule has 2 heterocycles. The molecule has 11 nitrogen and oxygen atoms in total. The van der Waals surface area contributed by atoms with Crippen molar-refractivity contribution in [3.63, 3.8) is 0 Å². The molecule has 0 saturated heterocycles. The second-order valence-corrected chi connectivity index (χ2v) is 10.1. The van der Waals surface area contributed by atoms with Gasteiger partial charge in [-0.05, 0) is 23.9 Å². The van der Waals surface area contributed by atoms with Crippen molar-refractivity contribution < 1.29 is 22.4 Å². The molecule has 12 heteroatoms. The molecule has 0 amide bonds. The first-order chi connectivity index (χ1) is 16.7. The summed E-state index contributed by atoms with van der Waals surface area (Å²) in [5, 5.41) is 17.4. The van der Waals surface area contributed by atoms with E-state index < -0.39 is 22.3 Å². The normalized spacial score (nSPS) is 20.5. The number of anilines is 1. The van der Waals surface area contributed by atoms with Crippen LogP contribution in [-0.4, -0.2) is 66.4 Å². The number of aliphatic hydroxyl groups excluding tert-OH is 1. The lowest BCUT2D eigenvalue weighted by molar-refractivity contribution is 0.0986. The quantitative estimate of drug-likeness (QED) is 0.346. The second-order valence-electron chi connectivity index (χ2n) is 8.85. The Morgan fingerprint density at radius 1 is 1.14 bits per heavy atom. The summed E-state index contributed by atoms with van der Waals surface area (Å²) in [6.45, 7) is -0.205. The lowest BCUT2D eigenvalue weighted by Crippen LogP contribution is -2.24. The van der Waals surface area contributed by atoms with Crippen LogP contribution in [0, 0.1) is 5.92 Å². The number of hydrogen-bond donors (Lipinski definition) is 3. The fraction of sp³-hybridized carbons (Fsp3) is 0.348. The third kappa shape index (κ3) is 4.78. The number of aliphatic hydroxyl groups is 1. The predicted molar refractivity (Wildman–Crippen MR) is 131 cm³/mol. The molecule has 0 aliphatic heterocycles. The summed E-state index contributed by atoms with van der Waals surface area (Å²) in [6.07, 6.45) is 0.909. The maximum absolute atomic E-state index is 11.1. The van der Waals surface area contributed by atoms with Crippen molar-refractivity contribution in [3.8, 4) is 17.3 Å². The maximum Gasteiger partial charge on any atom is 0.333 e. The van der Waals surface area contributed by atoms with E-state index in [4.69, 9.17) is 9.88 Å². The van der Waals surface area contributed by atoms with Gasteiger partial charge >= 0.3 is 10.3 Å².